The number of carbonyl (C=O) groups excluding carboxylic acids is 1. The van der Waals surface area contributed by atoms with Crippen LogP contribution in [0, 0.1) is 0 Å². The Labute approximate surface area is 116 Å². The highest BCUT2D eigenvalue weighted by Gasteiger charge is 2.17. The van der Waals surface area contributed by atoms with Gasteiger partial charge in [-0.05, 0) is 20.4 Å². The molecule has 1 rings (SSSR count). The highest BCUT2D eigenvalue weighted by atomic mass is 32.1. The molecule has 0 spiro atoms. The summed E-state index contributed by atoms with van der Waals surface area (Å²) in [7, 11) is 5.74. The molecule has 4 nitrogen and oxygen atoms in total. The van der Waals surface area contributed by atoms with Crippen molar-refractivity contribution in [3.05, 3.63) is 23.8 Å². The number of methoxy groups -OCH3 is 2. The summed E-state index contributed by atoms with van der Waals surface area (Å²) < 4.78 is 10.5. The quantitative estimate of drug-likeness (QED) is 0.627. The minimum absolute atomic E-state index is 0.0167. The molecule has 3 atom stereocenters. The average molecular weight is 305 g/mol. The van der Waals surface area contributed by atoms with E-state index in [4.69, 9.17) is 9.47 Å². The molecule has 0 aliphatic heterocycles. The van der Waals surface area contributed by atoms with Gasteiger partial charge in [-0.15, -0.1) is 8.93 Å². The molecule has 0 fully saturated rings. The summed E-state index contributed by atoms with van der Waals surface area (Å²) in [6, 6.07) is 5.34. The Hall–Kier alpha value is -0.500. The molecule has 1 N–H and O–H groups in total. The van der Waals surface area contributed by atoms with Gasteiger partial charge in [0.25, 0.3) is 0 Å². The topological polar surface area (TPSA) is 47.6 Å². The zero-order chi connectivity index (χ0) is 13.5. The smallest absolute Gasteiger partial charge is 0.242 e. The molecule has 18 heavy (non-hydrogen) atoms. The summed E-state index contributed by atoms with van der Waals surface area (Å²) >= 11 is 4.27. The van der Waals surface area contributed by atoms with Gasteiger partial charge in [0.1, 0.15) is 11.5 Å². The predicted molar refractivity (Wildman–Crippen MR) is 82.7 cm³/mol. The minimum atomic E-state index is -0.172. The molecule has 0 aliphatic carbocycles. The molecule has 0 saturated carbocycles. The fourth-order valence-electron chi connectivity index (χ4n) is 1.53. The lowest BCUT2D eigenvalue weighted by Crippen LogP contribution is -2.25. The molecule has 1 aromatic rings. The van der Waals surface area contributed by atoms with E-state index in [1.54, 1.807) is 20.3 Å². The second-order valence-electron chi connectivity index (χ2n) is 3.46. The minimum Gasteiger partial charge on any atom is -0.497 e. The maximum Gasteiger partial charge on any atom is 0.242 e. The zero-order valence-electron chi connectivity index (χ0n) is 10.3. The molecule has 0 aromatic heterocycles. The van der Waals surface area contributed by atoms with Crippen molar-refractivity contribution in [1.29, 1.82) is 0 Å². The van der Waals surface area contributed by atoms with E-state index in [0.29, 0.717) is 17.3 Å². The number of thiol groups is 1. The van der Waals surface area contributed by atoms with E-state index in [2.05, 4.69) is 26.9 Å². The molecule has 7 heteroatoms. The van der Waals surface area contributed by atoms with Crippen LogP contribution in [0.4, 0.5) is 4.79 Å². The molecular formula is C11H17NO3P2S. The molecular weight excluding hydrogens is 288 g/mol. The van der Waals surface area contributed by atoms with Crippen molar-refractivity contribution >= 4 is 35.5 Å². The van der Waals surface area contributed by atoms with Crippen LogP contribution in [0.5, 0.6) is 11.5 Å². The third kappa shape index (κ3) is 4.01. The van der Waals surface area contributed by atoms with Crippen LogP contribution in [0.2, 0.25) is 0 Å². The second-order valence-corrected chi connectivity index (χ2v) is 5.43. The molecule has 0 radical (unpaired) electrons. The van der Waals surface area contributed by atoms with E-state index in [1.165, 1.54) is 0 Å². The summed E-state index contributed by atoms with van der Waals surface area (Å²) in [4.78, 5) is 11.5. The standard InChI is InChI=1S/C11H17NO3P2S/c1-14-7-3-4-8(10(5-7)15-2)9(6-18)12-11(13)17-16/h3-5,9,17-18H,6,16H2,1-2H3,(H,12,13). The van der Waals surface area contributed by atoms with Crippen LogP contribution in [0.1, 0.15) is 11.6 Å². The number of hydrogen-bond donors (Lipinski definition) is 2. The molecule has 0 bridgehead atoms. The largest absolute Gasteiger partial charge is 0.497 e. The number of hydrogen-bond acceptors (Lipinski definition) is 4. The first-order valence-corrected chi connectivity index (χ1v) is 8.70. The normalized spacial score (nSPS) is 12.4. The van der Waals surface area contributed by atoms with E-state index < -0.39 is 0 Å². The van der Waals surface area contributed by atoms with Gasteiger partial charge in [0.2, 0.25) is 5.65 Å². The maximum atomic E-state index is 11.5. The van der Waals surface area contributed by atoms with Crippen LogP contribution in [-0.4, -0.2) is 25.6 Å². The van der Waals surface area contributed by atoms with Gasteiger partial charge in [-0.2, -0.15) is 12.6 Å². The van der Waals surface area contributed by atoms with E-state index in [0.717, 1.165) is 5.56 Å². The highest BCUT2D eigenvalue weighted by molar-refractivity contribution is 8.11. The van der Waals surface area contributed by atoms with E-state index in [1.807, 2.05) is 12.1 Å². The Morgan fingerprint density at radius 1 is 1.50 bits per heavy atom. The summed E-state index contributed by atoms with van der Waals surface area (Å²) in [5.41, 5.74) is 0.877. The molecule has 1 amide bonds. The Bertz CT molecular complexity index is 417. The van der Waals surface area contributed by atoms with Crippen molar-refractivity contribution in [2.45, 2.75) is 6.04 Å². The second kappa shape index (κ2) is 7.83. The number of nitrogens with one attached hydrogen (secondary N) is 1. The van der Waals surface area contributed by atoms with Gasteiger partial charge < -0.3 is 14.8 Å². The SMILES string of the molecule is COc1ccc(C(CS)NC(=O)PP)c(OC)c1. The van der Waals surface area contributed by atoms with Crippen LogP contribution < -0.4 is 14.8 Å². The average Bonchev–Trinajstić information content (AvgIpc) is 2.43. The van der Waals surface area contributed by atoms with Crippen molar-refractivity contribution in [3.63, 3.8) is 0 Å². The van der Waals surface area contributed by atoms with Crippen LogP contribution in [0.25, 0.3) is 0 Å². The zero-order valence-corrected chi connectivity index (χ0v) is 13.3. The Morgan fingerprint density at radius 3 is 2.72 bits per heavy atom. The molecule has 100 valence electrons. The van der Waals surface area contributed by atoms with Crippen molar-refractivity contribution in [2.24, 2.45) is 0 Å². The van der Waals surface area contributed by atoms with Crippen molar-refractivity contribution in [1.82, 2.24) is 5.32 Å². The molecule has 0 aliphatic rings. The number of benzene rings is 1. The van der Waals surface area contributed by atoms with Crippen LogP contribution in [-0.2, 0) is 0 Å². The lowest BCUT2D eigenvalue weighted by molar-refractivity contribution is 0.258. The molecule has 0 saturated heterocycles. The van der Waals surface area contributed by atoms with Gasteiger partial charge in [0.05, 0.1) is 20.3 Å². The third-order valence-electron chi connectivity index (χ3n) is 2.44. The first kappa shape index (κ1) is 15.6. The van der Waals surface area contributed by atoms with Crippen LogP contribution >= 0.6 is 29.8 Å². The number of ether oxygens (including phenoxy) is 2. The van der Waals surface area contributed by atoms with E-state index in [9.17, 15) is 4.79 Å². The van der Waals surface area contributed by atoms with Crippen molar-refractivity contribution < 1.29 is 14.3 Å². The lowest BCUT2D eigenvalue weighted by atomic mass is 10.1. The van der Waals surface area contributed by atoms with Crippen LogP contribution in [0.3, 0.4) is 0 Å². The Balaban J connectivity index is 3.01. The van der Waals surface area contributed by atoms with Crippen LogP contribution in [0.15, 0.2) is 18.2 Å². The lowest BCUT2D eigenvalue weighted by Gasteiger charge is -2.19. The number of carbonyl (C=O) groups is 1. The summed E-state index contributed by atoms with van der Waals surface area (Å²) in [6.45, 7) is 0. The van der Waals surface area contributed by atoms with E-state index in [-0.39, 0.29) is 20.0 Å². The molecule has 3 unspecified atom stereocenters. The number of amides is 1. The fourth-order valence-corrected chi connectivity index (χ4v) is 2.32. The summed E-state index contributed by atoms with van der Waals surface area (Å²) in [5, 5.41) is 2.90. The first-order valence-electron chi connectivity index (χ1n) is 5.26. The van der Waals surface area contributed by atoms with Gasteiger partial charge in [-0.1, -0.05) is 0 Å². The van der Waals surface area contributed by atoms with E-state index >= 15 is 0 Å². The maximum absolute atomic E-state index is 11.5. The summed E-state index contributed by atoms with van der Waals surface area (Å²) in [6.07, 6.45) is 0. The van der Waals surface area contributed by atoms with Crippen molar-refractivity contribution in [2.75, 3.05) is 20.0 Å². The monoisotopic (exact) mass is 305 g/mol. The molecule has 1 aromatic carbocycles. The Kier molecular flexibility index (Phi) is 6.77. The highest BCUT2D eigenvalue weighted by Crippen LogP contribution is 2.31. The third-order valence-corrected chi connectivity index (χ3v) is 3.99. The van der Waals surface area contributed by atoms with Crippen molar-refractivity contribution in [3.8, 4) is 11.5 Å². The Morgan fingerprint density at radius 2 is 2.22 bits per heavy atom. The molecule has 0 heterocycles. The van der Waals surface area contributed by atoms with Gasteiger partial charge >= 0.3 is 0 Å². The first-order chi connectivity index (χ1) is 8.65. The predicted octanol–water partition coefficient (Wildman–Crippen LogP) is 2.85. The van der Waals surface area contributed by atoms with Gasteiger partial charge in [-0.3, -0.25) is 4.79 Å². The van der Waals surface area contributed by atoms with Gasteiger partial charge in [0, 0.05) is 17.4 Å². The van der Waals surface area contributed by atoms with Gasteiger partial charge in [0.15, 0.2) is 0 Å². The summed E-state index contributed by atoms with van der Waals surface area (Å²) in [5.74, 6) is 1.90. The fraction of sp³-hybridized carbons (Fsp3) is 0.364. The number of rotatable bonds is 6. The van der Waals surface area contributed by atoms with Gasteiger partial charge in [-0.25, -0.2) is 0 Å².